The number of carbonyl (C=O) groups excluding carboxylic acids is 1. The van der Waals surface area contributed by atoms with E-state index in [9.17, 15) is 13.2 Å². The lowest BCUT2D eigenvalue weighted by Crippen LogP contribution is -2.41. The van der Waals surface area contributed by atoms with Gasteiger partial charge in [0.15, 0.2) is 9.84 Å². The summed E-state index contributed by atoms with van der Waals surface area (Å²) in [5.74, 6) is -0.0517. The van der Waals surface area contributed by atoms with Gasteiger partial charge in [0.2, 0.25) is 5.91 Å². The number of nitrogens with two attached hydrogens (primary N) is 1. The van der Waals surface area contributed by atoms with Gasteiger partial charge in [0.1, 0.15) is 6.04 Å². The van der Waals surface area contributed by atoms with Gasteiger partial charge in [-0.15, -0.1) is 0 Å². The van der Waals surface area contributed by atoms with Crippen molar-refractivity contribution >= 4 is 27.1 Å². The van der Waals surface area contributed by atoms with Crippen LogP contribution in [0.5, 0.6) is 0 Å². The van der Waals surface area contributed by atoms with Crippen molar-refractivity contribution in [3.05, 3.63) is 18.2 Å². The van der Waals surface area contributed by atoms with Crippen LogP contribution in [0.25, 0.3) is 0 Å². The average molecular weight is 313 g/mol. The molecule has 1 rings (SSSR count). The molecule has 0 aliphatic rings. The molecule has 1 atom stereocenters. The fraction of sp³-hybridized carbons (Fsp3) is 0.500. The zero-order valence-corrected chi connectivity index (χ0v) is 13.7. The van der Waals surface area contributed by atoms with Gasteiger partial charge in [-0.1, -0.05) is 6.07 Å². The van der Waals surface area contributed by atoms with Crippen molar-refractivity contribution in [1.82, 2.24) is 4.90 Å². The van der Waals surface area contributed by atoms with Crippen LogP contribution in [0.4, 0.5) is 11.4 Å². The number of sulfone groups is 1. The van der Waals surface area contributed by atoms with E-state index >= 15 is 0 Å². The second-order valence-corrected chi connectivity index (χ2v) is 6.85. The Labute approximate surface area is 126 Å². The molecule has 0 fully saturated rings. The summed E-state index contributed by atoms with van der Waals surface area (Å²) in [6, 6.07) is 4.23. The molecule has 7 heteroatoms. The summed E-state index contributed by atoms with van der Waals surface area (Å²) >= 11 is 0. The van der Waals surface area contributed by atoms with E-state index in [0.717, 1.165) is 6.26 Å². The molecule has 3 N–H and O–H groups in total. The minimum absolute atomic E-state index is 0.0517. The minimum atomic E-state index is -3.40. The summed E-state index contributed by atoms with van der Waals surface area (Å²) in [7, 11) is -3.40. The number of nitrogens with zero attached hydrogens (tertiary/aromatic N) is 1. The van der Waals surface area contributed by atoms with Gasteiger partial charge < -0.3 is 16.0 Å². The number of carbonyl (C=O) groups is 1. The Hall–Kier alpha value is -1.76. The fourth-order valence-corrected chi connectivity index (χ4v) is 2.93. The molecule has 1 aromatic rings. The van der Waals surface area contributed by atoms with Crippen LogP contribution < -0.4 is 11.1 Å². The van der Waals surface area contributed by atoms with E-state index < -0.39 is 15.9 Å². The number of amides is 1. The van der Waals surface area contributed by atoms with Crippen molar-refractivity contribution in [2.24, 2.45) is 0 Å². The van der Waals surface area contributed by atoms with Crippen LogP contribution in [-0.4, -0.2) is 44.6 Å². The van der Waals surface area contributed by atoms with E-state index in [1.54, 1.807) is 24.0 Å². The quantitative estimate of drug-likeness (QED) is 0.773. The van der Waals surface area contributed by atoms with Gasteiger partial charge in [0.05, 0.1) is 16.3 Å². The normalized spacial score (nSPS) is 12.8. The molecule has 0 aliphatic carbocycles. The van der Waals surface area contributed by atoms with Crippen LogP contribution in [-0.2, 0) is 14.6 Å². The zero-order chi connectivity index (χ0) is 16.2. The molecule has 0 saturated carbocycles. The smallest absolute Gasteiger partial charge is 0.244 e. The van der Waals surface area contributed by atoms with Gasteiger partial charge in [-0.05, 0) is 32.9 Å². The fourth-order valence-electron chi connectivity index (χ4n) is 2.10. The van der Waals surface area contributed by atoms with Gasteiger partial charge >= 0.3 is 0 Å². The van der Waals surface area contributed by atoms with E-state index in [1.807, 2.05) is 13.8 Å². The summed E-state index contributed by atoms with van der Waals surface area (Å²) < 4.78 is 23.3. The van der Waals surface area contributed by atoms with Crippen LogP contribution >= 0.6 is 0 Å². The monoisotopic (exact) mass is 313 g/mol. The molecule has 6 nitrogen and oxygen atoms in total. The van der Waals surface area contributed by atoms with Crippen LogP contribution in [0.3, 0.4) is 0 Å². The Balaban J connectivity index is 3.02. The molecule has 0 aromatic heterocycles. The molecule has 0 radical (unpaired) electrons. The lowest BCUT2D eigenvalue weighted by molar-refractivity contribution is -0.131. The van der Waals surface area contributed by atoms with Crippen molar-refractivity contribution in [2.45, 2.75) is 31.7 Å². The lowest BCUT2D eigenvalue weighted by atomic mass is 10.2. The maximum atomic E-state index is 12.2. The first-order valence-corrected chi connectivity index (χ1v) is 8.75. The third-order valence-electron chi connectivity index (χ3n) is 3.28. The van der Waals surface area contributed by atoms with Gasteiger partial charge in [-0.25, -0.2) is 8.42 Å². The molecule has 1 unspecified atom stereocenters. The first-order chi connectivity index (χ1) is 9.72. The standard InChI is InChI=1S/C14H23N3O3S/c1-5-17(6-2)14(18)10(3)16-11-8-7-9-12(13(11)15)21(4,19)20/h7-10,16H,5-6,15H2,1-4H3. The highest BCUT2D eigenvalue weighted by Gasteiger charge is 2.20. The molecule has 0 heterocycles. The summed E-state index contributed by atoms with van der Waals surface area (Å²) in [5, 5.41) is 2.99. The Kier molecular flexibility index (Phi) is 5.60. The van der Waals surface area contributed by atoms with Crippen LogP contribution in [0.15, 0.2) is 23.1 Å². The van der Waals surface area contributed by atoms with Crippen molar-refractivity contribution in [2.75, 3.05) is 30.4 Å². The number of hydrogen-bond donors (Lipinski definition) is 2. The molecule has 0 spiro atoms. The van der Waals surface area contributed by atoms with Gasteiger partial charge in [-0.2, -0.15) is 0 Å². The molecular weight excluding hydrogens is 290 g/mol. The number of rotatable bonds is 6. The van der Waals surface area contributed by atoms with Crippen molar-refractivity contribution in [3.63, 3.8) is 0 Å². The van der Waals surface area contributed by atoms with Crippen LogP contribution in [0.2, 0.25) is 0 Å². The van der Waals surface area contributed by atoms with Gasteiger partial charge in [0, 0.05) is 19.3 Å². The second kappa shape index (κ2) is 6.80. The molecule has 1 amide bonds. The average Bonchev–Trinajstić information content (AvgIpc) is 2.40. The van der Waals surface area contributed by atoms with E-state index in [0.29, 0.717) is 18.8 Å². The van der Waals surface area contributed by atoms with E-state index in [4.69, 9.17) is 5.73 Å². The predicted octanol–water partition coefficient (Wildman–Crippen LogP) is 1.34. The highest BCUT2D eigenvalue weighted by Crippen LogP contribution is 2.27. The summed E-state index contributed by atoms with van der Waals surface area (Å²) in [6.07, 6.45) is 1.10. The van der Waals surface area contributed by atoms with Crippen molar-refractivity contribution in [1.29, 1.82) is 0 Å². The topological polar surface area (TPSA) is 92.5 Å². The molecule has 0 aliphatic heterocycles. The van der Waals surface area contributed by atoms with E-state index in [-0.39, 0.29) is 16.5 Å². The summed E-state index contributed by atoms with van der Waals surface area (Å²) in [4.78, 5) is 14.0. The van der Waals surface area contributed by atoms with E-state index in [1.165, 1.54) is 6.07 Å². The molecule has 21 heavy (non-hydrogen) atoms. The van der Waals surface area contributed by atoms with Crippen molar-refractivity contribution in [3.8, 4) is 0 Å². The van der Waals surface area contributed by atoms with Crippen LogP contribution in [0, 0.1) is 0 Å². The SMILES string of the molecule is CCN(CC)C(=O)C(C)Nc1cccc(S(C)(=O)=O)c1N. The number of benzene rings is 1. The lowest BCUT2D eigenvalue weighted by Gasteiger charge is -2.24. The maximum Gasteiger partial charge on any atom is 0.244 e. The number of nitrogen functional groups attached to an aromatic ring is 1. The zero-order valence-electron chi connectivity index (χ0n) is 12.9. The highest BCUT2D eigenvalue weighted by molar-refractivity contribution is 7.90. The third kappa shape index (κ3) is 4.10. The summed E-state index contributed by atoms with van der Waals surface area (Å²) in [6.45, 7) is 6.80. The molecule has 118 valence electrons. The molecule has 1 aromatic carbocycles. The molecular formula is C14H23N3O3S. The van der Waals surface area contributed by atoms with Crippen LogP contribution in [0.1, 0.15) is 20.8 Å². The maximum absolute atomic E-state index is 12.2. The van der Waals surface area contributed by atoms with E-state index in [2.05, 4.69) is 5.32 Å². The Morgan fingerprint density at radius 2 is 1.90 bits per heavy atom. The first-order valence-electron chi connectivity index (χ1n) is 6.86. The predicted molar refractivity (Wildman–Crippen MR) is 85.0 cm³/mol. The number of likely N-dealkylation sites (N-methyl/N-ethyl adjacent to an activating group) is 1. The Morgan fingerprint density at radius 3 is 2.38 bits per heavy atom. The highest BCUT2D eigenvalue weighted by atomic mass is 32.2. The van der Waals surface area contributed by atoms with Crippen molar-refractivity contribution < 1.29 is 13.2 Å². The largest absolute Gasteiger partial charge is 0.396 e. The Bertz CT molecular complexity index is 610. The third-order valence-corrected chi connectivity index (χ3v) is 4.44. The van der Waals surface area contributed by atoms with Gasteiger partial charge in [0.25, 0.3) is 0 Å². The second-order valence-electron chi connectivity index (χ2n) is 4.87. The Morgan fingerprint density at radius 1 is 1.33 bits per heavy atom. The summed E-state index contributed by atoms with van der Waals surface area (Å²) in [5.41, 5.74) is 6.48. The number of anilines is 2. The number of nitrogens with one attached hydrogen (secondary N) is 1. The molecule has 0 saturated heterocycles. The first kappa shape index (κ1) is 17.3. The van der Waals surface area contributed by atoms with Gasteiger partial charge in [-0.3, -0.25) is 4.79 Å². The number of hydrogen-bond acceptors (Lipinski definition) is 5. The minimum Gasteiger partial charge on any atom is -0.396 e. The number of para-hydroxylation sites is 1. The molecule has 0 bridgehead atoms.